The summed E-state index contributed by atoms with van der Waals surface area (Å²) in [6, 6.07) is 7.24. The lowest BCUT2D eigenvalue weighted by Crippen LogP contribution is -2.41. The van der Waals surface area contributed by atoms with Crippen LogP contribution in [0, 0.1) is 0 Å². The van der Waals surface area contributed by atoms with Crippen molar-refractivity contribution in [2.75, 3.05) is 19.6 Å². The van der Waals surface area contributed by atoms with Gasteiger partial charge in [-0.05, 0) is 50.6 Å². The first kappa shape index (κ1) is 13.9. The van der Waals surface area contributed by atoms with Crippen LogP contribution in [0.15, 0.2) is 24.3 Å². The highest BCUT2D eigenvalue weighted by Gasteiger charge is 2.18. The van der Waals surface area contributed by atoms with Crippen molar-refractivity contribution in [1.82, 2.24) is 10.2 Å². The van der Waals surface area contributed by atoms with Crippen LogP contribution in [0.1, 0.15) is 25.3 Å². The Kier molecular flexibility index (Phi) is 4.80. The molecule has 0 radical (unpaired) electrons. The number of amides is 1. The summed E-state index contributed by atoms with van der Waals surface area (Å²) < 4.78 is 0. The fourth-order valence-electron chi connectivity index (χ4n) is 2.49. The Hall–Kier alpha value is -1.55. The van der Waals surface area contributed by atoms with Crippen molar-refractivity contribution in [3.63, 3.8) is 0 Å². The van der Waals surface area contributed by atoms with E-state index in [1.807, 2.05) is 6.07 Å². The average molecular weight is 262 g/mol. The first-order chi connectivity index (χ1) is 9.15. The summed E-state index contributed by atoms with van der Waals surface area (Å²) in [7, 11) is 0. The fourth-order valence-corrected chi connectivity index (χ4v) is 2.49. The molecular weight excluding hydrogens is 240 g/mol. The lowest BCUT2D eigenvalue weighted by molar-refractivity contribution is -0.120. The van der Waals surface area contributed by atoms with E-state index in [1.165, 1.54) is 12.8 Å². The molecule has 1 aliphatic rings. The predicted octanol–water partition coefficient (Wildman–Crippen LogP) is 1.54. The molecule has 1 fully saturated rings. The van der Waals surface area contributed by atoms with Crippen molar-refractivity contribution in [3.05, 3.63) is 29.8 Å². The largest absolute Gasteiger partial charge is 0.508 e. The Morgan fingerprint density at radius 2 is 2.16 bits per heavy atom. The van der Waals surface area contributed by atoms with E-state index < -0.39 is 0 Å². The molecule has 2 rings (SSSR count). The number of hydrogen-bond donors (Lipinski definition) is 2. The van der Waals surface area contributed by atoms with Crippen molar-refractivity contribution >= 4 is 5.91 Å². The maximum Gasteiger partial charge on any atom is 0.224 e. The second-order valence-corrected chi connectivity index (χ2v) is 5.24. The molecule has 1 unspecified atom stereocenters. The van der Waals surface area contributed by atoms with Crippen LogP contribution in [0.25, 0.3) is 0 Å². The molecule has 1 aromatic rings. The highest BCUT2D eigenvalue weighted by atomic mass is 16.3. The van der Waals surface area contributed by atoms with Gasteiger partial charge in [-0.2, -0.15) is 0 Å². The van der Waals surface area contributed by atoms with Crippen LogP contribution in [0.3, 0.4) is 0 Å². The molecule has 19 heavy (non-hydrogen) atoms. The minimum absolute atomic E-state index is 0.0108. The Labute approximate surface area is 114 Å². The number of nitrogens with one attached hydrogen (secondary N) is 1. The Bertz CT molecular complexity index is 428. The van der Waals surface area contributed by atoms with E-state index in [1.54, 1.807) is 18.2 Å². The van der Waals surface area contributed by atoms with Gasteiger partial charge in [-0.25, -0.2) is 0 Å². The number of aromatic hydroxyl groups is 1. The lowest BCUT2D eigenvalue weighted by atomic mass is 10.1. The van der Waals surface area contributed by atoms with Gasteiger partial charge in [-0.3, -0.25) is 9.69 Å². The summed E-state index contributed by atoms with van der Waals surface area (Å²) in [6.45, 7) is 5.13. The Morgan fingerprint density at radius 3 is 2.84 bits per heavy atom. The van der Waals surface area contributed by atoms with E-state index in [4.69, 9.17) is 0 Å². The third-order valence-electron chi connectivity index (χ3n) is 3.63. The van der Waals surface area contributed by atoms with Crippen molar-refractivity contribution in [3.8, 4) is 5.75 Å². The zero-order valence-corrected chi connectivity index (χ0v) is 11.4. The predicted molar refractivity (Wildman–Crippen MR) is 75.1 cm³/mol. The molecule has 4 nitrogen and oxygen atoms in total. The first-order valence-electron chi connectivity index (χ1n) is 6.94. The van der Waals surface area contributed by atoms with Crippen molar-refractivity contribution in [2.24, 2.45) is 0 Å². The lowest BCUT2D eigenvalue weighted by Gasteiger charge is -2.23. The van der Waals surface area contributed by atoms with Gasteiger partial charge in [0.1, 0.15) is 5.75 Å². The van der Waals surface area contributed by atoms with Gasteiger partial charge in [-0.15, -0.1) is 0 Å². The van der Waals surface area contributed by atoms with Crippen LogP contribution in [0.4, 0.5) is 0 Å². The molecule has 1 aliphatic heterocycles. The van der Waals surface area contributed by atoms with Crippen molar-refractivity contribution in [2.45, 2.75) is 32.2 Å². The zero-order chi connectivity index (χ0) is 13.7. The quantitative estimate of drug-likeness (QED) is 0.846. The molecule has 0 bridgehead atoms. The minimum Gasteiger partial charge on any atom is -0.508 e. The van der Waals surface area contributed by atoms with Crippen LogP contribution >= 0.6 is 0 Å². The van der Waals surface area contributed by atoms with E-state index in [0.29, 0.717) is 19.0 Å². The SMILES string of the molecule is CC(CNC(=O)Cc1cccc(O)c1)N1CCCC1. The summed E-state index contributed by atoms with van der Waals surface area (Å²) in [4.78, 5) is 14.2. The van der Waals surface area contributed by atoms with E-state index in [0.717, 1.165) is 18.7 Å². The summed E-state index contributed by atoms with van der Waals surface area (Å²) in [6.07, 6.45) is 2.85. The van der Waals surface area contributed by atoms with Crippen LogP contribution < -0.4 is 5.32 Å². The number of phenolic OH excluding ortho intramolecular Hbond substituents is 1. The maximum absolute atomic E-state index is 11.8. The van der Waals surface area contributed by atoms with Gasteiger partial charge in [0, 0.05) is 12.6 Å². The molecule has 0 saturated carbocycles. The van der Waals surface area contributed by atoms with Crippen LogP contribution in [-0.4, -0.2) is 41.6 Å². The van der Waals surface area contributed by atoms with Crippen molar-refractivity contribution < 1.29 is 9.90 Å². The zero-order valence-electron chi connectivity index (χ0n) is 11.4. The molecule has 1 heterocycles. The highest BCUT2D eigenvalue weighted by molar-refractivity contribution is 5.78. The van der Waals surface area contributed by atoms with Crippen LogP contribution in [-0.2, 0) is 11.2 Å². The molecule has 0 aromatic heterocycles. The molecular formula is C15H22N2O2. The number of nitrogens with zero attached hydrogens (tertiary/aromatic N) is 1. The summed E-state index contributed by atoms with van der Waals surface area (Å²) in [5.74, 6) is 0.215. The van der Waals surface area contributed by atoms with E-state index in [-0.39, 0.29) is 11.7 Å². The van der Waals surface area contributed by atoms with Gasteiger partial charge in [0.05, 0.1) is 6.42 Å². The fraction of sp³-hybridized carbons (Fsp3) is 0.533. The molecule has 1 aromatic carbocycles. The van der Waals surface area contributed by atoms with Gasteiger partial charge in [-0.1, -0.05) is 12.1 Å². The van der Waals surface area contributed by atoms with Crippen LogP contribution in [0.2, 0.25) is 0 Å². The van der Waals surface area contributed by atoms with Gasteiger partial charge in [0.25, 0.3) is 0 Å². The van der Waals surface area contributed by atoms with Gasteiger partial charge < -0.3 is 10.4 Å². The van der Waals surface area contributed by atoms with Crippen molar-refractivity contribution in [1.29, 1.82) is 0 Å². The number of hydrogen-bond acceptors (Lipinski definition) is 3. The number of rotatable bonds is 5. The molecule has 0 spiro atoms. The maximum atomic E-state index is 11.8. The van der Waals surface area contributed by atoms with E-state index in [2.05, 4.69) is 17.1 Å². The Morgan fingerprint density at radius 1 is 1.42 bits per heavy atom. The third kappa shape index (κ3) is 4.24. The van der Waals surface area contributed by atoms with E-state index in [9.17, 15) is 9.90 Å². The normalized spacial score (nSPS) is 17.3. The summed E-state index contributed by atoms with van der Waals surface area (Å²) >= 11 is 0. The molecule has 2 N–H and O–H groups in total. The van der Waals surface area contributed by atoms with Gasteiger partial charge >= 0.3 is 0 Å². The number of benzene rings is 1. The van der Waals surface area contributed by atoms with Gasteiger partial charge in [0.2, 0.25) is 5.91 Å². The standard InChI is InChI=1S/C15H22N2O2/c1-12(17-7-2-3-8-17)11-16-15(19)10-13-5-4-6-14(18)9-13/h4-6,9,12,18H,2-3,7-8,10-11H2,1H3,(H,16,19). The molecule has 0 aliphatic carbocycles. The first-order valence-corrected chi connectivity index (χ1v) is 6.94. The smallest absolute Gasteiger partial charge is 0.224 e. The second kappa shape index (κ2) is 6.57. The summed E-state index contributed by atoms with van der Waals surface area (Å²) in [5, 5.41) is 12.3. The molecule has 104 valence electrons. The third-order valence-corrected chi connectivity index (χ3v) is 3.63. The number of carbonyl (C=O) groups is 1. The molecule has 4 heteroatoms. The topological polar surface area (TPSA) is 52.6 Å². The van der Waals surface area contributed by atoms with Gasteiger partial charge in [0.15, 0.2) is 0 Å². The Balaban J connectivity index is 1.75. The molecule has 1 saturated heterocycles. The second-order valence-electron chi connectivity index (χ2n) is 5.24. The monoisotopic (exact) mass is 262 g/mol. The van der Waals surface area contributed by atoms with Crippen LogP contribution in [0.5, 0.6) is 5.75 Å². The minimum atomic E-state index is 0.0108. The summed E-state index contributed by atoms with van der Waals surface area (Å²) in [5.41, 5.74) is 0.839. The molecule has 1 amide bonds. The van der Waals surface area contributed by atoms with E-state index >= 15 is 0 Å². The average Bonchev–Trinajstić information content (AvgIpc) is 2.90. The number of likely N-dealkylation sites (tertiary alicyclic amines) is 1. The number of carbonyl (C=O) groups excluding carboxylic acids is 1. The number of phenols is 1. The highest BCUT2D eigenvalue weighted by Crippen LogP contribution is 2.12. The molecule has 1 atom stereocenters.